The van der Waals surface area contributed by atoms with Crippen molar-refractivity contribution in [3.05, 3.63) is 23.9 Å². The Labute approximate surface area is 108 Å². The number of nitriles is 1. The fourth-order valence-corrected chi connectivity index (χ4v) is 2.57. The van der Waals surface area contributed by atoms with Crippen LogP contribution in [0.25, 0.3) is 0 Å². The summed E-state index contributed by atoms with van der Waals surface area (Å²) in [6, 6.07) is 5.53. The number of anilines is 1. The molecule has 0 aromatic carbocycles. The first-order valence-corrected chi connectivity index (χ1v) is 6.49. The molecular weight excluding hydrogens is 226 g/mol. The first-order chi connectivity index (χ1) is 8.78. The number of rotatable bonds is 4. The average Bonchev–Trinajstić information content (AvgIpc) is 2.46. The highest BCUT2D eigenvalue weighted by atomic mass is 16.3. The van der Waals surface area contributed by atoms with Crippen molar-refractivity contribution in [1.82, 2.24) is 4.98 Å². The van der Waals surface area contributed by atoms with E-state index in [-0.39, 0.29) is 12.0 Å². The molecule has 0 bridgehead atoms. The molecule has 0 saturated heterocycles. The van der Waals surface area contributed by atoms with Crippen molar-refractivity contribution in [3.63, 3.8) is 0 Å². The van der Waals surface area contributed by atoms with E-state index in [4.69, 9.17) is 5.26 Å². The molecule has 0 spiro atoms. The van der Waals surface area contributed by atoms with Crippen LogP contribution in [-0.2, 0) is 0 Å². The van der Waals surface area contributed by atoms with E-state index < -0.39 is 0 Å². The molecule has 2 rings (SSSR count). The standard InChI is InChI=1S/C14H19N3O/c15-9-12-4-7-16-13(8-12)17-10-14(11-18)5-2-1-3-6-14/h4,7-8,18H,1-3,5-6,10-11H2,(H,16,17). The Morgan fingerprint density at radius 2 is 2.17 bits per heavy atom. The molecule has 1 saturated carbocycles. The quantitative estimate of drug-likeness (QED) is 0.854. The lowest BCUT2D eigenvalue weighted by Gasteiger charge is -2.35. The smallest absolute Gasteiger partial charge is 0.127 e. The Morgan fingerprint density at radius 3 is 2.83 bits per heavy atom. The first kappa shape index (κ1) is 12.8. The summed E-state index contributed by atoms with van der Waals surface area (Å²) in [6.45, 7) is 0.948. The van der Waals surface area contributed by atoms with Gasteiger partial charge in [0, 0.05) is 18.2 Å². The van der Waals surface area contributed by atoms with Crippen LogP contribution in [0.3, 0.4) is 0 Å². The van der Waals surface area contributed by atoms with Gasteiger partial charge in [0.1, 0.15) is 5.82 Å². The van der Waals surface area contributed by atoms with Gasteiger partial charge in [-0.15, -0.1) is 0 Å². The molecule has 0 amide bonds. The van der Waals surface area contributed by atoms with Crippen molar-refractivity contribution in [2.24, 2.45) is 5.41 Å². The summed E-state index contributed by atoms with van der Waals surface area (Å²) >= 11 is 0. The molecule has 1 fully saturated rings. The van der Waals surface area contributed by atoms with Crippen LogP contribution in [-0.4, -0.2) is 23.2 Å². The number of hydrogen-bond acceptors (Lipinski definition) is 4. The van der Waals surface area contributed by atoms with Crippen molar-refractivity contribution in [2.45, 2.75) is 32.1 Å². The molecule has 4 heteroatoms. The molecular formula is C14H19N3O. The molecule has 4 nitrogen and oxygen atoms in total. The van der Waals surface area contributed by atoms with E-state index in [0.29, 0.717) is 11.4 Å². The number of aliphatic hydroxyl groups excluding tert-OH is 1. The Bertz CT molecular complexity index is 433. The molecule has 0 unspecified atom stereocenters. The van der Waals surface area contributed by atoms with Gasteiger partial charge in [0.15, 0.2) is 0 Å². The highest BCUT2D eigenvalue weighted by Gasteiger charge is 2.31. The van der Waals surface area contributed by atoms with Crippen molar-refractivity contribution >= 4 is 5.82 Å². The van der Waals surface area contributed by atoms with Crippen molar-refractivity contribution in [1.29, 1.82) is 5.26 Å². The van der Waals surface area contributed by atoms with Gasteiger partial charge in [-0.1, -0.05) is 19.3 Å². The van der Waals surface area contributed by atoms with Crippen LogP contribution in [0, 0.1) is 16.7 Å². The third-order valence-electron chi connectivity index (χ3n) is 3.78. The highest BCUT2D eigenvalue weighted by molar-refractivity contribution is 5.42. The Balaban J connectivity index is 1.99. The van der Waals surface area contributed by atoms with Crippen molar-refractivity contribution in [2.75, 3.05) is 18.5 Å². The zero-order valence-electron chi connectivity index (χ0n) is 10.5. The number of aromatic nitrogens is 1. The third kappa shape index (κ3) is 2.99. The van der Waals surface area contributed by atoms with Crippen LogP contribution in [0.5, 0.6) is 0 Å². The van der Waals surface area contributed by atoms with E-state index >= 15 is 0 Å². The van der Waals surface area contributed by atoms with E-state index in [1.54, 1.807) is 18.3 Å². The Hall–Kier alpha value is -1.60. The SMILES string of the molecule is N#Cc1ccnc(NCC2(CO)CCCCC2)c1. The summed E-state index contributed by atoms with van der Waals surface area (Å²) < 4.78 is 0. The van der Waals surface area contributed by atoms with Gasteiger partial charge in [0.2, 0.25) is 0 Å². The number of pyridine rings is 1. The number of nitrogens with one attached hydrogen (secondary N) is 1. The van der Waals surface area contributed by atoms with Crippen molar-refractivity contribution in [3.8, 4) is 6.07 Å². The second kappa shape index (κ2) is 5.83. The minimum Gasteiger partial charge on any atom is -0.396 e. The van der Waals surface area contributed by atoms with Crippen LogP contribution in [0.1, 0.15) is 37.7 Å². The van der Waals surface area contributed by atoms with E-state index in [9.17, 15) is 5.11 Å². The third-order valence-corrected chi connectivity index (χ3v) is 3.78. The maximum Gasteiger partial charge on any atom is 0.127 e. The lowest BCUT2D eigenvalue weighted by Crippen LogP contribution is -2.35. The molecule has 0 atom stereocenters. The van der Waals surface area contributed by atoms with Crippen LogP contribution >= 0.6 is 0 Å². The van der Waals surface area contributed by atoms with E-state index in [0.717, 1.165) is 19.4 Å². The second-order valence-electron chi connectivity index (χ2n) is 5.11. The van der Waals surface area contributed by atoms with E-state index in [1.165, 1.54) is 19.3 Å². The van der Waals surface area contributed by atoms with Crippen LogP contribution in [0.15, 0.2) is 18.3 Å². The van der Waals surface area contributed by atoms with Crippen LogP contribution in [0.2, 0.25) is 0 Å². The summed E-state index contributed by atoms with van der Waals surface area (Å²) in [5.41, 5.74) is 0.594. The normalized spacial score (nSPS) is 18.0. The Kier molecular flexibility index (Phi) is 4.16. The largest absolute Gasteiger partial charge is 0.396 e. The maximum atomic E-state index is 9.61. The average molecular weight is 245 g/mol. The molecule has 1 aromatic rings. The van der Waals surface area contributed by atoms with Gasteiger partial charge in [-0.3, -0.25) is 0 Å². The zero-order valence-corrected chi connectivity index (χ0v) is 10.5. The fourth-order valence-electron chi connectivity index (χ4n) is 2.57. The Morgan fingerprint density at radius 1 is 1.39 bits per heavy atom. The molecule has 96 valence electrons. The molecule has 1 aliphatic rings. The second-order valence-corrected chi connectivity index (χ2v) is 5.11. The monoisotopic (exact) mass is 245 g/mol. The molecule has 18 heavy (non-hydrogen) atoms. The number of hydrogen-bond donors (Lipinski definition) is 2. The van der Waals surface area contributed by atoms with Gasteiger partial charge in [-0.2, -0.15) is 5.26 Å². The first-order valence-electron chi connectivity index (χ1n) is 6.49. The van der Waals surface area contributed by atoms with Gasteiger partial charge in [-0.05, 0) is 25.0 Å². The minimum absolute atomic E-state index is 0.0113. The maximum absolute atomic E-state index is 9.61. The van der Waals surface area contributed by atoms with Crippen LogP contribution in [0.4, 0.5) is 5.82 Å². The molecule has 2 N–H and O–H groups in total. The predicted molar refractivity (Wildman–Crippen MR) is 70.0 cm³/mol. The predicted octanol–water partition coefficient (Wildman–Crippen LogP) is 2.31. The van der Waals surface area contributed by atoms with Gasteiger partial charge in [0.05, 0.1) is 18.2 Å². The molecule has 0 aliphatic heterocycles. The summed E-state index contributed by atoms with van der Waals surface area (Å²) in [5, 5.41) is 21.7. The molecule has 1 aromatic heterocycles. The minimum atomic E-state index is -0.0113. The van der Waals surface area contributed by atoms with Gasteiger partial charge < -0.3 is 10.4 Å². The molecule has 0 radical (unpaired) electrons. The summed E-state index contributed by atoms with van der Waals surface area (Å²) in [6.07, 6.45) is 7.40. The van der Waals surface area contributed by atoms with Gasteiger partial charge >= 0.3 is 0 Å². The van der Waals surface area contributed by atoms with E-state index in [2.05, 4.69) is 16.4 Å². The van der Waals surface area contributed by atoms with Crippen LogP contribution < -0.4 is 5.32 Å². The number of aliphatic hydroxyl groups is 1. The summed E-state index contributed by atoms with van der Waals surface area (Å²) in [7, 11) is 0. The zero-order chi connectivity index (χ0) is 12.8. The van der Waals surface area contributed by atoms with Gasteiger partial charge in [0.25, 0.3) is 0 Å². The van der Waals surface area contributed by atoms with E-state index in [1.807, 2.05) is 0 Å². The number of nitrogens with zero attached hydrogens (tertiary/aromatic N) is 2. The highest BCUT2D eigenvalue weighted by Crippen LogP contribution is 2.35. The molecule has 1 heterocycles. The lowest BCUT2D eigenvalue weighted by atomic mass is 9.74. The van der Waals surface area contributed by atoms with Crippen molar-refractivity contribution < 1.29 is 5.11 Å². The molecule has 1 aliphatic carbocycles. The topological polar surface area (TPSA) is 68.9 Å². The fraction of sp³-hybridized carbons (Fsp3) is 0.571. The lowest BCUT2D eigenvalue weighted by molar-refractivity contribution is 0.0943. The van der Waals surface area contributed by atoms with Gasteiger partial charge in [-0.25, -0.2) is 4.98 Å². The summed E-state index contributed by atoms with van der Waals surface area (Å²) in [5.74, 6) is 0.715. The summed E-state index contributed by atoms with van der Waals surface area (Å²) in [4.78, 5) is 4.19.